The van der Waals surface area contributed by atoms with E-state index in [-0.39, 0.29) is 0 Å². The molecule has 0 aliphatic heterocycles. The van der Waals surface area contributed by atoms with Crippen molar-refractivity contribution in [2.24, 2.45) is 0 Å². The van der Waals surface area contributed by atoms with Crippen LogP contribution in [0.15, 0.2) is 67.0 Å². The quantitative estimate of drug-likeness (QED) is 0.716. The van der Waals surface area contributed by atoms with E-state index in [1.165, 1.54) is 0 Å². The van der Waals surface area contributed by atoms with Gasteiger partial charge in [-0.15, -0.1) is 0 Å². The highest BCUT2D eigenvalue weighted by Crippen LogP contribution is 2.24. The summed E-state index contributed by atoms with van der Waals surface area (Å²) >= 11 is 0. The molecule has 5 heteroatoms. The maximum Gasteiger partial charge on any atom is 0.235 e. The first kappa shape index (κ1) is 16.5. The van der Waals surface area contributed by atoms with Gasteiger partial charge in [0.2, 0.25) is 5.88 Å². The van der Waals surface area contributed by atoms with Crippen LogP contribution in [0.1, 0.15) is 5.56 Å². The summed E-state index contributed by atoms with van der Waals surface area (Å²) in [6.07, 6.45) is 3.42. The lowest BCUT2D eigenvalue weighted by molar-refractivity contribution is 0.240. The molecule has 0 saturated heterocycles. The predicted octanol–water partition coefficient (Wildman–Crippen LogP) is 4.01. The average molecular weight is 331 g/mol. The zero-order chi connectivity index (χ0) is 17.3. The van der Waals surface area contributed by atoms with E-state index < -0.39 is 0 Å². The topological polar surface area (TPSA) is 56.3 Å². The van der Waals surface area contributed by atoms with Crippen LogP contribution in [0.2, 0.25) is 0 Å². The molecular formula is C20H17N3O2. The number of benzene rings is 1. The summed E-state index contributed by atoms with van der Waals surface area (Å²) in [7, 11) is 1.61. The zero-order valence-electron chi connectivity index (χ0n) is 13.8. The third kappa shape index (κ3) is 4.80. The summed E-state index contributed by atoms with van der Waals surface area (Å²) in [5, 5.41) is 3.22. The van der Waals surface area contributed by atoms with Gasteiger partial charge in [0, 0.05) is 25.2 Å². The number of pyridine rings is 2. The Hall–Kier alpha value is -3.36. The van der Waals surface area contributed by atoms with E-state index in [9.17, 15) is 0 Å². The van der Waals surface area contributed by atoms with Crippen LogP contribution in [-0.2, 0) is 4.74 Å². The number of nitrogens with one attached hydrogen (secondary N) is 1. The van der Waals surface area contributed by atoms with Gasteiger partial charge in [-0.25, -0.2) is 9.97 Å². The highest BCUT2D eigenvalue weighted by Gasteiger charge is 2.04. The Labute approximate surface area is 146 Å². The largest absolute Gasteiger partial charge is 0.438 e. The van der Waals surface area contributed by atoms with Crippen LogP contribution < -0.4 is 10.1 Å². The molecule has 2 aromatic heterocycles. The number of hydrogen-bond donors (Lipinski definition) is 1. The third-order valence-electron chi connectivity index (χ3n) is 3.22. The molecule has 1 N–H and O–H groups in total. The highest BCUT2D eigenvalue weighted by molar-refractivity contribution is 5.57. The van der Waals surface area contributed by atoms with Crippen LogP contribution in [0.5, 0.6) is 11.6 Å². The summed E-state index contributed by atoms with van der Waals surface area (Å²) in [5.74, 6) is 7.84. The molecule has 0 aliphatic carbocycles. The van der Waals surface area contributed by atoms with Gasteiger partial charge in [-0.2, -0.15) is 0 Å². The molecule has 0 aliphatic rings. The number of hydrogen-bond acceptors (Lipinski definition) is 5. The Bertz CT molecular complexity index is 869. The lowest BCUT2D eigenvalue weighted by Gasteiger charge is -2.08. The van der Waals surface area contributed by atoms with Gasteiger partial charge in [0.05, 0.1) is 5.56 Å². The lowest BCUT2D eigenvalue weighted by atomic mass is 10.2. The van der Waals surface area contributed by atoms with E-state index >= 15 is 0 Å². The number of methoxy groups -OCH3 is 1. The molecule has 124 valence electrons. The molecule has 0 spiro atoms. The van der Waals surface area contributed by atoms with Crippen LogP contribution in [-0.4, -0.2) is 23.7 Å². The van der Waals surface area contributed by atoms with E-state index in [0.29, 0.717) is 18.2 Å². The van der Waals surface area contributed by atoms with Gasteiger partial charge in [-0.3, -0.25) is 0 Å². The minimum absolute atomic E-state index is 0.363. The van der Waals surface area contributed by atoms with Crippen LogP contribution in [0, 0.1) is 11.8 Å². The SMILES string of the molecule is COCC#Cc1cccnc1Oc1ccc(Nc2ccccn2)cc1. The highest BCUT2D eigenvalue weighted by atomic mass is 16.5. The fraction of sp³-hybridized carbons (Fsp3) is 0.100. The molecule has 0 fully saturated rings. The van der Waals surface area contributed by atoms with E-state index in [2.05, 4.69) is 27.1 Å². The van der Waals surface area contributed by atoms with Crippen molar-refractivity contribution in [3.05, 3.63) is 72.6 Å². The van der Waals surface area contributed by atoms with Crippen molar-refractivity contribution in [2.45, 2.75) is 0 Å². The van der Waals surface area contributed by atoms with Gasteiger partial charge in [-0.05, 0) is 48.5 Å². The molecule has 0 amide bonds. The Morgan fingerprint density at radius 2 is 1.80 bits per heavy atom. The molecule has 2 heterocycles. The van der Waals surface area contributed by atoms with Crippen LogP contribution in [0.25, 0.3) is 0 Å². The summed E-state index contributed by atoms with van der Waals surface area (Å²) in [6, 6.07) is 17.0. The Kier molecular flexibility index (Phi) is 5.60. The monoisotopic (exact) mass is 331 g/mol. The minimum atomic E-state index is 0.363. The maximum absolute atomic E-state index is 5.85. The number of anilines is 2. The molecule has 0 bridgehead atoms. The standard InChI is InChI=1S/C20H17N3O2/c1-24-15-5-7-16-6-4-14-22-20(16)25-18-11-9-17(10-12-18)23-19-8-2-3-13-21-19/h2-4,6,8-14H,15H2,1H3,(H,21,23). The van der Waals surface area contributed by atoms with Crippen molar-refractivity contribution in [2.75, 3.05) is 19.0 Å². The van der Waals surface area contributed by atoms with Gasteiger partial charge >= 0.3 is 0 Å². The molecule has 3 rings (SSSR count). The average Bonchev–Trinajstić information content (AvgIpc) is 2.66. The fourth-order valence-corrected chi connectivity index (χ4v) is 2.07. The first-order chi connectivity index (χ1) is 12.3. The third-order valence-corrected chi connectivity index (χ3v) is 3.22. The van der Waals surface area contributed by atoms with E-state index in [4.69, 9.17) is 9.47 Å². The molecule has 25 heavy (non-hydrogen) atoms. The van der Waals surface area contributed by atoms with Crippen LogP contribution >= 0.6 is 0 Å². The van der Waals surface area contributed by atoms with Gasteiger partial charge < -0.3 is 14.8 Å². The van der Waals surface area contributed by atoms with Gasteiger partial charge in [0.25, 0.3) is 0 Å². The number of rotatable bonds is 5. The molecular weight excluding hydrogens is 314 g/mol. The van der Waals surface area contributed by atoms with Gasteiger partial charge in [0.15, 0.2) is 0 Å². The van der Waals surface area contributed by atoms with Crippen molar-refractivity contribution in [1.82, 2.24) is 9.97 Å². The fourth-order valence-electron chi connectivity index (χ4n) is 2.07. The van der Waals surface area contributed by atoms with Crippen molar-refractivity contribution in [3.8, 4) is 23.5 Å². The van der Waals surface area contributed by atoms with E-state index in [1.807, 2.05) is 54.6 Å². The first-order valence-corrected chi connectivity index (χ1v) is 7.74. The Balaban J connectivity index is 1.71. The second-order valence-corrected chi connectivity index (χ2v) is 5.06. The molecule has 0 saturated carbocycles. The van der Waals surface area contributed by atoms with Crippen molar-refractivity contribution >= 4 is 11.5 Å². The van der Waals surface area contributed by atoms with Crippen molar-refractivity contribution in [1.29, 1.82) is 0 Å². The molecule has 5 nitrogen and oxygen atoms in total. The minimum Gasteiger partial charge on any atom is -0.438 e. The predicted molar refractivity (Wildman–Crippen MR) is 97.0 cm³/mol. The number of ether oxygens (including phenoxy) is 2. The molecule has 0 unspecified atom stereocenters. The van der Waals surface area contributed by atoms with Gasteiger partial charge in [-0.1, -0.05) is 17.9 Å². The Morgan fingerprint density at radius 3 is 2.56 bits per heavy atom. The molecule has 0 radical (unpaired) electrons. The summed E-state index contributed by atoms with van der Waals surface area (Å²) in [5.41, 5.74) is 1.64. The Morgan fingerprint density at radius 1 is 0.960 bits per heavy atom. The molecule has 0 atom stereocenters. The van der Waals surface area contributed by atoms with E-state index in [0.717, 1.165) is 17.1 Å². The number of nitrogens with zero attached hydrogens (tertiary/aromatic N) is 2. The second kappa shape index (κ2) is 8.48. The second-order valence-electron chi connectivity index (χ2n) is 5.06. The van der Waals surface area contributed by atoms with Crippen LogP contribution in [0.4, 0.5) is 11.5 Å². The molecule has 3 aromatic rings. The van der Waals surface area contributed by atoms with Crippen molar-refractivity contribution < 1.29 is 9.47 Å². The number of aromatic nitrogens is 2. The zero-order valence-corrected chi connectivity index (χ0v) is 13.8. The first-order valence-electron chi connectivity index (χ1n) is 7.74. The van der Waals surface area contributed by atoms with Gasteiger partial charge in [0.1, 0.15) is 18.2 Å². The van der Waals surface area contributed by atoms with E-state index in [1.54, 1.807) is 19.5 Å². The normalized spacial score (nSPS) is 9.80. The maximum atomic E-state index is 5.85. The lowest BCUT2D eigenvalue weighted by Crippen LogP contribution is -1.94. The summed E-state index contributed by atoms with van der Waals surface area (Å²) < 4.78 is 10.8. The van der Waals surface area contributed by atoms with Crippen LogP contribution in [0.3, 0.4) is 0 Å². The summed E-state index contributed by atoms with van der Waals surface area (Å²) in [4.78, 5) is 8.49. The smallest absolute Gasteiger partial charge is 0.235 e. The van der Waals surface area contributed by atoms with Crippen molar-refractivity contribution in [3.63, 3.8) is 0 Å². The molecule has 1 aromatic carbocycles. The summed E-state index contributed by atoms with van der Waals surface area (Å²) in [6.45, 7) is 0.363.